The molecule has 1 atom stereocenters. The summed E-state index contributed by atoms with van der Waals surface area (Å²) in [6.45, 7) is 3.44. The predicted molar refractivity (Wildman–Crippen MR) is 83.9 cm³/mol. The number of nitrogens with zero attached hydrogens (tertiary/aromatic N) is 2. The van der Waals surface area contributed by atoms with Crippen molar-refractivity contribution in [1.29, 1.82) is 0 Å². The lowest BCUT2D eigenvalue weighted by atomic mass is 10.2. The maximum Gasteiger partial charge on any atom is 0.323 e. The van der Waals surface area contributed by atoms with E-state index in [4.69, 9.17) is 5.11 Å². The van der Waals surface area contributed by atoms with Crippen LogP contribution in [-0.2, 0) is 4.79 Å². The van der Waals surface area contributed by atoms with Crippen molar-refractivity contribution >= 4 is 23.4 Å². The monoisotopic (exact) mass is 293 g/mol. The van der Waals surface area contributed by atoms with Gasteiger partial charge in [-0.25, -0.2) is 4.79 Å². The summed E-state index contributed by atoms with van der Waals surface area (Å²) in [5, 5.41) is 11.7. The maximum absolute atomic E-state index is 12.3. The number of carbonyl (C=O) groups excluding carboxylic acids is 1. The van der Waals surface area contributed by atoms with Crippen LogP contribution in [0.3, 0.4) is 0 Å². The summed E-state index contributed by atoms with van der Waals surface area (Å²) in [7, 11) is 3.83. The average Bonchev–Trinajstić information content (AvgIpc) is 2.43. The van der Waals surface area contributed by atoms with Gasteiger partial charge in [0.25, 0.3) is 0 Å². The number of rotatable bonds is 6. The Bertz CT molecular complexity index is 503. The highest BCUT2D eigenvalue weighted by Crippen LogP contribution is 2.18. The van der Waals surface area contributed by atoms with Crippen LogP contribution in [-0.4, -0.2) is 48.7 Å². The van der Waals surface area contributed by atoms with Gasteiger partial charge in [0.05, 0.1) is 0 Å². The Kier molecular flexibility index (Phi) is 6.02. The summed E-state index contributed by atoms with van der Waals surface area (Å²) in [6.07, 6.45) is 0.693. The Morgan fingerprint density at radius 3 is 2.52 bits per heavy atom. The SMILES string of the molecule is CCC(C)N(CC(=O)O)C(=O)Nc1cccc(N(C)C)c1. The largest absolute Gasteiger partial charge is 0.480 e. The molecule has 2 N–H and O–H groups in total. The van der Waals surface area contributed by atoms with Crippen molar-refractivity contribution in [3.63, 3.8) is 0 Å². The van der Waals surface area contributed by atoms with Crippen LogP contribution in [0, 0.1) is 0 Å². The van der Waals surface area contributed by atoms with Crippen molar-refractivity contribution in [2.45, 2.75) is 26.3 Å². The van der Waals surface area contributed by atoms with Crippen molar-refractivity contribution < 1.29 is 14.7 Å². The smallest absolute Gasteiger partial charge is 0.323 e. The Morgan fingerprint density at radius 2 is 2.00 bits per heavy atom. The molecule has 0 aliphatic rings. The molecular weight excluding hydrogens is 270 g/mol. The first kappa shape index (κ1) is 16.8. The minimum atomic E-state index is -1.02. The lowest BCUT2D eigenvalue weighted by Gasteiger charge is -2.27. The van der Waals surface area contributed by atoms with Gasteiger partial charge < -0.3 is 20.2 Å². The molecule has 0 bridgehead atoms. The summed E-state index contributed by atoms with van der Waals surface area (Å²) in [5.41, 5.74) is 1.60. The Balaban J connectivity index is 2.85. The number of carboxylic acids is 1. The van der Waals surface area contributed by atoms with E-state index in [-0.39, 0.29) is 12.6 Å². The molecule has 1 aromatic carbocycles. The summed E-state index contributed by atoms with van der Waals surface area (Å²) in [5.74, 6) is -1.02. The van der Waals surface area contributed by atoms with Gasteiger partial charge in [0.15, 0.2) is 0 Å². The Morgan fingerprint density at radius 1 is 1.33 bits per heavy atom. The quantitative estimate of drug-likeness (QED) is 0.845. The van der Waals surface area contributed by atoms with Crippen LogP contribution in [0.5, 0.6) is 0 Å². The number of nitrogens with one attached hydrogen (secondary N) is 1. The van der Waals surface area contributed by atoms with Crippen LogP contribution in [0.4, 0.5) is 16.2 Å². The second-order valence-electron chi connectivity index (χ2n) is 5.15. The van der Waals surface area contributed by atoms with Crippen LogP contribution in [0.2, 0.25) is 0 Å². The number of aliphatic carboxylic acids is 1. The Labute approximate surface area is 125 Å². The first-order valence-electron chi connectivity index (χ1n) is 6.92. The predicted octanol–water partition coefficient (Wildman–Crippen LogP) is 2.47. The minimum Gasteiger partial charge on any atom is -0.480 e. The second-order valence-corrected chi connectivity index (χ2v) is 5.15. The zero-order chi connectivity index (χ0) is 16.0. The molecule has 0 fully saturated rings. The number of anilines is 2. The Hall–Kier alpha value is -2.24. The summed E-state index contributed by atoms with van der Waals surface area (Å²) >= 11 is 0. The number of hydrogen-bond acceptors (Lipinski definition) is 3. The average molecular weight is 293 g/mol. The van der Waals surface area contributed by atoms with Crippen LogP contribution >= 0.6 is 0 Å². The van der Waals surface area contributed by atoms with Crippen molar-refractivity contribution in [2.75, 3.05) is 30.9 Å². The number of urea groups is 1. The van der Waals surface area contributed by atoms with Crippen molar-refractivity contribution in [2.24, 2.45) is 0 Å². The maximum atomic E-state index is 12.3. The molecule has 2 amide bonds. The van der Waals surface area contributed by atoms with Crippen LogP contribution < -0.4 is 10.2 Å². The molecule has 0 saturated carbocycles. The van der Waals surface area contributed by atoms with Gasteiger partial charge in [-0.2, -0.15) is 0 Å². The molecule has 1 unspecified atom stereocenters. The van der Waals surface area contributed by atoms with E-state index in [0.717, 1.165) is 5.69 Å². The molecule has 0 saturated heterocycles. The summed E-state index contributed by atoms with van der Waals surface area (Å²) < 4.78 is 0. The van der Waals surface area contributed by atoms with Crippen LogP contribution in [0.25, 0.3) is 0 Å². The summed E-state index contributed by atoms with van der Waals surface area (Å²) in [4.78, 5) is 26.4. The first-order chi connectivity index (χ1) is 9.85. The van der Waals surface area contributed by atoms with Gasteiger partial charge in [-0.1, -0.05) is 13.0 Å². The minimum absolute atomic E-state index is 0.141. The number of carboxylic acid groups (broad SMARTS) is 1. The van der Waals surface area contributed by atoms with Gasteiger partial charge in [0.2, 0.25) is 0 Å². The van der Waals surface area contributed by atoms with E-state index in [1.54, 1.807) is 6.07 Å². The van der Waals surface area contributed by atoms with Gasteiger partial charge in [0, 0.05) is 31.5 Å². The third kappa shape index (κ3) is 4.98. The zero-order valence-corrected chi connectivity index (χ0v) is 13.0. The molecule has 0 aliphatic carbocycles. The zero-order valence-electron chi connectivity index (χ0n) is 13.0. The molecule has 1 aromatic rings. The molecule has 6 heteroatoms. The highest BCUT2D eigenvalue weighted by atomic mass is 16.4. The van der Waals surface area contributed by atoms with Crippen molar-refractivity contribution in [3.05, 3.63) is 24.3 Å². The third-order valence-corrected chi connectivity index (χ3v) is 3.30. The fourth-order valence-corrected chi connectivity index (χ4v) is 1.85. The normalized spacial score (nSPS) is 11.6. The number of benzene rings is 1. The van der Waals surface area contributed by atoms with Gasteiger partial charge in [-0.3, -0.25) is 4.79 Å². The molecule has 0 radical (unpaired) electrons. The van der Waals surface area contributed by atoms with Crippen LogP contribution in [0.15, 0.2) is 24.3 Å². The summed E-state index contributed by atoms with van der Waals surface area (Å²) in [6, 6.07) is 6.85. The van der Waals surface area contributed by atoms with E-state index in [2.05, 4.69) is 5.32 Å². The molecule has 21 heavy (non-hydrogen) atoms. The fraction of sp³-hybridized carbons (Fsp3) is 0.467. The van der Waals surface area contributed by atoms with E-state index in [9.17, 15) is 9.59 Å². The number of carbonyl (C=O) groups is 2. The van der Waals surface area contributed by atoms with Gasteiger partial charge in [-0.05, 0) is 31.5 Å². The topological polar surface area (TPSA) is 72.9 Å². The lowest BCUT2D eigenvalue weighted by Crippen LogP contribution is -2.44. The highest BCUT2D eigenvalue weighted by molar-refractivity contribution is 5.92. The van der Waals surface area contributed by atoms with E-state index in [1.165, 1.54) is 4.90 Å². The number of hydrogen-bond donors (Lipinski definition) is 2. The molecule has 6 nitrogen and oxygen atoms in total. The molecule has 0 heterocycles. The second kappa shape index (κ2) is 7.52. The molecule has 0 spiro atoms. The van der Waals surface area contributed by atoms with Gasteiger partial charge >= 0.3 is 12.0 Å². The van der Waals surface area contributed by atoms with Gasteiger partial charge in [0.1, 0.15) is 6.54 Å². The standard InChI is InChI=1S/C15H23N3O3/c1-5-11(2)18(10-14(19)20)15(21)16-12-7-6-8-13(9-12)17(3)4/h6-9,11H,5,10H2,1-4H3,(H,16,21)(H,19,20). The fourth-order valence-electron chi connectivity index (χ4n) is 1.85. The molecule has 116 valence electrons. The van der Waals surface area contributed by atoms with Crippen LogP contribution in [0.1, 0.15) is 20.3 Å². The first-order valence-corrected chi connectivity index (χ1v) is 6.92. The molecule has 0 aromatic heterocycles. The number of amides is 2. The molecule has 1 rings (SSSR count). The van der Waals surface area contributed by atoms with E-state index >= 15 is 0 Å². The van der Waals surface area contributed by atoms with E-state index in [0.29, 0.717) is 12.1 Å². The van der Waals surface area contributed by atoms with Crippen molar-refractivity contribution in [1.82, 2.24) is 4.90 Å². The molecule has 0 aliphatic heterocycles. The van der Waals surface area contributed by atoms with Crippen molar-refractivity contribution in [3.8, 4) is 0 Å². The lowest BCUT2D eigenvalue weighted by molar-refractivity contribution is -0.138. The van der Waals surface area contributed by atoms with Gasteiger partial charge in [-0.15, -0.1) is 0 Å². The van der Waals surface area contributed by atoms with E-state index in [1.807, 2.05) is 51.0 Å². The molecular formula is C15H23N3O3. The highest BCUT2D eigenvalue weighted by Gasteiger charge is 2.21. The third-order valence-electron chi connectivity index (χ3n) is 3.30. The van der Waals surface area contributed by atoms with E-state index < -0.39 is 12.0 Å².